The Morgan fingerprint density at radius 2 is 2.12 bits per heavy atom. The highest BCUT2D eigenvalue weighted by Gasteiger charge is 2.12. The Labute approximate surface area is 99.8 Å². The van der Waals surface area contributed by atoms with Crippen LogP contribution in [0.5, 0.6) is 0 Å². The minimum absolute atomic E-state index is 0.742. The van der Waals surface area contributed by atoms with Gasteiger partial charge in [0.25, 0.3) is 0 Å². The molecule has 1 aliphatic heterocycles. The van der Waals surface area contributed by atoms with Crippen molar-refractivity contribution in [2.45, 2.75) is 6.54 Å². The Morgan fingerprint density at radius 3 is 2.94 bits per heavy atom. The van der Waals surface area contributed by atoms with E-state index in [1.807, 2.05) is 23.7 Å². The molecule has 3 nitrogen and oxygen atoms in total. The molecule has 1 aromatic carbocycles. The van der Waals surface area contributed by atoms with Crippen molar-refractivity contribution >= 4 is 5.71 Å². The van der Waals surface area contributed by atoms with Crippen LogP contribution in [0.2, 0.25) is 0 Å². The number of benzene rings is 1. The van der Waals surface area contributed by atoms with E-state index in [4.69, 9.17) is 0 Å². The van der Waals surface area contributed by atoms with Gasteiger partial charge < -0.3 is 4.57 Å². The van der Waals surface area contributed by atoms with Crippen molar-refractivity contribution in [3.63, 3.8) is 0 Å². The lowest BCUT2D eigenvalue weighted by atomic mass is 10.1. The highest BCUT2D eigenvalue weighted by Crippen LogP contribution is 2.17. The van der Waals surface area contributed by atoms with Gasteiger partial charge >= 0.3 is 0 Å². The van der Waals surface area contributed by atoms with Gasteiger partial charge in [0.1, 0.15) is 11.4 Å². The SMILES string of the molecule is Cn1cncc1C#CC1=NCc2ccccc21. The number of aliphatic imine (C=N–C) groups is 1. The monoisotopic (exact) mass is 221 g/mol. The molecule has 0 atom stereocenters. The summed E-state index contributed by atoms with van der Waals surface area (Å²) in [6.45, 7) is 0.742. The van der Waals surface area contributed by atoms with Gasteiger partial charge in [0, 0.05) is 12.6 Å². The van der Waals surface area contributed by atoms with Crippen molar-refractivity contribution in [2.24, 2.45) is 12.0 Å². The fourth-order valence-electron chi connectivity index (χ4n) is 1.85. The third-order valence-electron chi connectivity index (χ3n) is 2.81. The van der Waals surface area contributed by atoms with E-state index in [1.165, 1.54) is 5.56 Å². The van der Waals surface area contributed by atoms with Gasteiger partial charge in [-0.15, -0.1) is 0 Å². The van der Waals surface area contributed by atoms with Crippen molar-refractivity contribution < 1.29 is 0 Å². The number of aryl methyl sites for hydroxylation is 1. The summed E-state index contributed by atoms with van der Waals surface area (Å²) in [5, 5.41) is 0. The molecule has 0 aliphatic carbocycles. The molecule has 0 fully saturated rings. The maximum absolute atomic E-state index is 4.45. The van der Waals surface area contributed by atoms with Crippen LogP contribution >= 0.6 is 0 Å². The number of hydrogen-bond donors (Lipinski definition) is 0. The van der Waals surface area contributed by atoms with Crippen molar-refractivity contribution in [3.05, 3.63) is 53.6 Å². The van der Waals surface area contributed by atoms with E-state index in [0.717, 1.165) is 23.5 Å². The second-order valence-electron chi connectivity index (χ2n) is 3.96. The summed E-state index contributed by atoms with van der Waals surface area (Å²) in [5.41, 5.74) is 4.18. The van der Waals surface area contributed by atoms with Crippen LogP contribution in [0.25, 0.3) is 0 Å². The van der Waals surface area contributed by atoms with Crippen LogP contribution in [0.1, 0.15) is 16.8 Å². The first-order valence-electron chi connectivity index (χ1n) is 5.45. The number of imidazole rings is 1. The molecule has 1 aromatic heterocycles. The molecule has 2 aromatic rings. The van der Waals surface area contributed by atoms with Gasteiger partial charge in [-0.2, -0.15) is 0 Å². The summed E-state index contributed by atoms with van der Waals surface area (Å²) in [6, 6.07) is 8.22. The summed E-state index contributed by atoms with van der Waals surface area (Å²) < 4.78 is 1.90. The predicted molar refractivity (Wildman–Crippen MR) is 66.8 cm³/mol. The maximum atomic E-state index is 4.45. The molecule has 0 unspecified atom stereocenters. The number of fused-ring (bicyclic) bond motifs is 1. The molecular weight excluding hydrogens is 210 g/mol. The summed E-state index contributed by atoms with van der Waals surface area (Å²) in [5.74, 6) is 6.22. The van der Waals surface area contributed by atoms with Crippen LogP contribution in [0.15, 0.2) is 41.8 Å². The fraction of sp³-hybridized carbons (Fsp3) is 0.143. The van der Waals surface area contributed by atoms with E-state index in [2.05, 4.69) is 33.9 Å². The average Bonchev–Trinajstić information content (AvgIpc) is 2.93. The second-order valence-corrected chi connectivity index (χ2v) is 3.96. The van der Waals surface area contributed by atoms with Crippen LogP contribution in [0.3, 0.4) is 0 Å². The third kappa shape index (κ3) is 1.74. The Morgan fingerprint density at radius 1 is 1.24 bits per heavy atom. The number of rotatable bonds is 0. The van der Waals surface area contributed by atoms with E-state index in [1.54, 1.807) is 12.5 Å². The molecule has 1 aliphatic rings. The lowest BCUT2D eigenvalue weighted by Crippen LogP contribution is -1.95. The standard InChI is InChI=1S/C14H11N3/c1-17-10-15-9-12(17)6-7-14-13-5-3-2-4-11(13)8-16-14/h2-5,9-10H,8H2,1H3. The van der Waals surface area contributed by atoms with E-state index in [-0.39, 0.29) is 0 Å². The average molecular weight is 221 g/mol. The summed E-state index contributed by atoms with van der Waals surface area (Å²) in [6.07, 6.45) is 3.50. The highest BCUT2D eigenvalue weighted by molar-refractivity contribution is 6.15. The zero-order valence-corrected chi connectivity index (χ0v) is 9.51. The van der Waals surface area contributed by atoms with Crippen LogP contribution < -0.4 is 0 Å². The molecule has 0 saturated heterocycles. The molecule has 82 valence electrons. The molecule has 17 heavy (non-hydrogen) atoms. The van der Waals surface area contributed by atoms with E-state index in [0.29, 0.717) is 0 Å². The zero-order valence-electron chi connectivity index (χ0n) is 9.51. The fourth-order valence-corrected chi connectivity index (χ4v) is 1.85. The van der Waals surface area contributed by atoms with Gasteiger partial charge in [0.2, 0.25) is 0 Å². The molecule has 0 amide bonds. The number of hydrogen-bond acceptors (Lipinski definition) is 2. The predicted octanol–water partition coefficient (Wildman–Crippen LogP) is 1.77. The van der Waals surface area contributed by atoms with Gasteiger partial charge in [0.05, 0.1) is 19.1 Å². The Kier molecular flexibility index (Phi) is 2.27. The minimum Gasteiger partial charge on any atom is -0.327 e. The minimum atomic E-state index is 0.742. The van der Waals surface area contributed by atoms with Crippen LogP contribution in [0, 0.1) is 11.8 Å². The van der Waals surface area contributed by atoms with E-state index in [9.17, 15) is 0 Å². The second kappa shape index (κ2) is 3.91. The molecule has 0 saturated carbocycles. The lowest BCUT2D eigenvalue weighted by Gasteiger charge is -1.95. The van der Waals surface area contributed by atoms with Crippen molar-refractivity contribution in [1.29, 1.82) is 0 Å². The van der Waals surface area contributed by atoms with E-state index >= 15 is 0 Å². The van der Waals surface area contributed by atoms with Crippen LogP contribution in [-0.4, -0.2) is 15.3 Å². The van der Waals surface area contributed by atoms with Gasteiger partial charge in [-0.05, 0) is 17.4 Å². The number of aromatic nitrogens is 2. The largest absolute Gasteiger partial charge is 0.327 e. The Balaban J connectivity index is 1.95. The van der Waals surface area contributed by atoms with Crippen LogP contribution in [0.4, 0.5) is 0 Å². The Hall–Kier alpha value is -2.34. The number of nitrogens with zero attached hydrogens (tertiary/aromatic N) is 3. The lowest BCUT2D eigenvalue weighted by molar-refractivity contribution is 0.899. The molecule has 0 N–H and O–H groups in total. The molecule has 0 bridgehead atoms. The molecule has 0 spiro atoms. The molecule has 3 rings (SSSR count). The van der Waals surface area contributed by atoms with Gasteiger partial charge in [-0.25, -0.2) is 4.98 Å². The van der Waals surface area contributed by atoms with Crippen molar-refractivity contribution in [3.8, 4) is 11.8 Å². The first kappa shape index (κ1) is 9.86. The van der Waals surface area contributed by atoms with Gasteiger partial charge in [0.15, 0.2) is 0 Å². The molecule has 2 heterocycles. The smallest absolute Gasteiger partial charge is 0.115 e. The van der Waals surface area contributed by atoms with Crippen LogP contribution in [-0.2, 0) is 13.6 Å². The topological polar surface area (TPSA) is 30.2 Å². The molecule has 0 radical (unpaired) electrons. The molecular formula is C14H11N3. The normalized spacial score (nSPS) is 12.6. The van der Waals surface area contributed by atoms with E-state index < -0.39 is 0 Å². The van der Waals surface area contributed by atoms with Crippen molar-refractivity contribution in [2.75, 3.05) is 0 Å². The summed E-state index contributed by atoms with van der Waals surface area (Å²) in [4.78, 5) is 8.48. The quantitative estimate of drug-likeness (QED) is 0.624. The van der Waals surface area contributed by atoms with Gasteiger partial charge in [-0.3, -0.25) is 4.99 Å². The third-order valence-corrected chi connectivity index (χ3v) is 2.81. The first-order chi connectivity index (χ1) is 8.34. The summed E-state index contributed by atoms with van der Waals surface area (Å²) >= 11 is 0. The maximum Gasteiger partial charge on any atom is 0.115 e. The summed E-state index contributed by atoms with van der Waals surface area (Å²) in [7, 11) is 1.93. The first-order valence-corrected chi connectivity index (χ1v) is 5.45. The zero-order chi connectivity index (χ0) is 11.7. The Bertz CT molecular complexity index is 653. The van der Waals surface area contributed by atoms with Crippen molar-refractivity contribution in [1.82, 2.24) is 9.55 Å². The molecule has 3 heteroatoms. The highest BCUT2D eigenvalue weighted by atomic mass is 15.0. The van der Waals surface area contributed by atoms with Gasteiger partial charge in [-0.1, -0.05) is 24.3 Å².